The minimum Gasteiger partial charge on any atom is -0.376 e. The summed E-state index contributed by atoms with van der Waals surface area (Å²) in [5.41, 5.74) is 3.34. The summed E-state index contributed by atoms with van der Waals surface area (Å²) >= 11 is 3.41. The summed E-state index contributed by atoms with van der Waals surface area (Å²) in [5, 5.41) is 5.81. The molecule has 0 atom stereocenters. The van der Waals surface area contributed by atoms with E-state index in [0.29, 0.717) is 0 Å². The lowest BCUT2D eigenvalue weighted by atomic mass is 10.2. The highest BCUT2D eigenvalue weighted by atomic mass is 79.9. The number of halogens is 2. The molecule has 2 N–H and O–H groups in total. The first-order chi connectivity index (χ1) is 9.95. The van der Waals surface area contributed by atoms with E-state index < -0.39 is 0 Å². The molecule has 0 aliphatic carbocycles. The maximum absolute atomic E-state index is 13.0. The van der Waals surface area contributed by atoms with Gasteiger partial charge >= 0.3 is 0 Å². The molecule has 5 heteroatoms. The van der Waals surface area contributed by atoms with Gasteiger partial charge in [0.25, 0.3) is 0 Å². The Bertz CT molecular complexity index is 673. The standard InChI is InChI=1S/C16H16BrFN2O/c1-10-3-5-15(13(17)7-10)20-16(21)9-19-14-6-4-12(18)8-11(14)2/h3-8,19H,9H2,1-2H3,(H,20,21). The van der Waals surface area contributed by atoms with E-state index in [9.17, 15) is 9.18 Å². The Hall–Kier alpha value is -1.88. The summed E-state index contributed by atoms with van der Waals surface area (Å²) in [4.78, 5) is 11.9. The van der Waals surface area contributed by atoms with Crippen molar-refractivity contribution in [1.82, 2.24) is 0 Å². The van der Waals surface area contributed by atoms with Crippen LogP contribution in [0.3, 0.4) is 0 Å². The first-order valence-electron chi connectivity index (χ1n) is 6.52. The van der Waals surface area contributed by atoms with E-state index in [1.54, 1.807) is 13.0 Å². The van der Waals surface area contributed by atoms with Crippen molar-refractivity contribution in [3.05, 3.63) is 57.8 Å². The molecule has 21 heavy (non-hydrogen) atoms. The topological polar surface area (TPSA) is 41.1 Å². The van der Waals surface area contributed by atoms with Crippen LogP contribution in [0.25, 0.3) is 0 Å². The summed E-state index contributed by atoms with van der Waals surface area (Å²) in [7, 11) is 0. The Kier molecular flexibility index (Phi) is 4.96. The van der Waals surface area contributed by atoms with Gasteiger partial charge in [-0.3, -0.25) is 4.79 Å². The number of hydrogen-bond donors (Lipinski definition) is 2. The molecule has 2 aromatic carbocycles. The van der Waals surface area contributed by atoms with E-state index in [0.717, 1.165) is 27.0 Å². The van der Waals surface area contributed by atoms with Crippen molar-refractivity contribution in [3.8, 4) is 0 Å². The van der Waals surface area contributed by atoms with Crippen molar-refractivity contribution in [2.75, 3.05) is 17.2 Å². The average Bonchev–Trinajstić information content (AvgIpc) is 2.41. The van der Waals surface area contributed by atoms with E-state index in [1.807, 2.05) is 25.1 Å². The zero-order chi connectivity index (χ0) is 15.4. The zero-order valence-electron chi connectivity index (χ0n) is 11.8. The highest BCUT2D eigenvalue weighted by Gasteiger charge is 2.07. The van der Waals surface area contributed by atoms with Gasteiger partial charge in [0.05, 0.1) is 12.2 Å². The third kappa shape index (κ3) is 4.29. The molecule has 2 aromatic rings. The van der Waals surface area contributed by atoms with Gasteiger partial charge in [0, 0.05) is 10.2 Å². The Labute approximate surface area is 131 Å². The second kappa shape index (κ2) is 6.72. The number of aryl methyl sites for hydroxylation is 2. The van der Waals surface area contributed by atoms with Crippen LogP contribution in [-0.2, 0) is 4.79 Å². The number of anilines is 2. The lowest BCUT2D eigenvalue weighted by molar-refractivity contribution is -0.114. The molecule has 0 radical (unpaired) electrons. The van der Waals surface area contributed by atoms with Crippen LogP contribution in [0.1, 0.15) is 11.1 Å². The van der Waals surface area contributed by atoms with Crippen LogP contribution in [-0.4, -0.2) is 12.5 Å². The quantitative estimate of drug-likeness (QED) is 0.864. The molecule has 2 rings (SSSR count). The normalized spacial score (nSPS) is 10.3. The van der Waals surface area contributed by atoms with Crippen molar-refractivity contribution in [2.24, 2.45) is 0 Å². The summed E-state index contributed by atoms with van der Waals surface area (Å²) in [6.45, 7) is 3.89. The van der Waals surface area contributed by atoms with Crippen molar-refractivity contribution < 1.29 is 9.18 Å². The number of rotatable bonds is 4. The van der Waals surface area contributed by atoms with E-state index in [-0.39, 0.29) is 18.3 Å². The first-order valence-corrected chi connectivity index (χ1v) is 7.31. The highest BCUT2D eigenvalue weighted by Crippen LogP contribution is 2.23. The smallest absolute Gasteiger partial charge is 0.243 e. The Morgan fingerprint density at radius 1 is 1.14 bits per heavy atom. The van der Waals surface area contributed by atoms with Crippen LogP contribution in [0.5, 0.6) is 0 Å². The number of nitrogens with one attached hydrogen (secondary N) is 2. The fraction of sp³-hybridized carbons (Fsp3) is 0.188. The summed E-state index contributed by atoms with van der Waals surface area (Å²) in [6.07, 6.45) is 0. The maximum Gasteiger partial charge on any atom is 0.243 e. The predicted octanol–water partition coefficient (Wildman–Crippen LogP) is 4.26. The minimum absolute atomic E-state index is 0.118. The van der Waals surface area contributed by atoms with Crippen LogP contribution in [0.4, 0.5) is 15.8 Å². The third-order valence-electron chi connectivity index (χ3n) is 3.03. The summed E-state index contributed by atoms with van der Waals surface area (Å²) < 4.78 is 13.8. The molecule has 0 unspecified atom stereocenters. The molecule has 0 spiro atoms. The number of carbonyl (C=O) groups is 1. The lowest BCUT2D eigenvalue weighted by Gasteiger charge is -2.11. The molecular weight excluding hydrogens is 335 g/mol. The molecule has 0 saturated carbocycles. The van der Waals surface area contributed by atoms with Gasteiger partial charge in [0.1, 0.15) is 5.82 Å². The van der Waals surface area contributed by atoms with Crippen molar-refractivity contribution in [3.63, 3.8) is 0 Å². The van der Waals surface area contributed by atoms with Crippen molar-refractivity contribution in [2.45, 2.75) is 13.8 Å². The van der Waals surface area contributed by atoms with Crippen molar-refractivity contribution >= 4 is 33.2 Å². The van der Waals surface area contributed by atoms with Gasteiger partial charge in [-0.1, -0.05) is 6.07 Å². The summed E-state index contributed by atoms with van der Waals surface area (Å²) in [6, 6.07) is 10.1. The molecule has 0 aliphatic rings. The molecule has 0 fully saturated rings. The molecule has 0 aromatic heterocycles. The Morgan fingerprint density at radius 3 is 2.52 bits per heavy atom. The van der Waals surface area contributed by atoms with Gasteiger partial charge in [-0.25, -0.2) is 4.39 Å². The monoisotopic (exact) mass is 350 g/mol. The third-order valence-corrected chi connectivity index (χ3v) is 3.68. The molecule has 0 saturated heterocycles. The van der Waals surface area contributed by atoms with E-state index in [4.69, 9.17) is 0 Å². The van der Waals surface area contributed by atoms with E-state index in [1.165, 1.54) is 12.1 Å². The predicted molar refractivity (Wildman–Crippen MR) is 87.1 cm³/mol. The van der Waals surface area contributed by atoms with Gasteiger partial charge in [0.2, 0.25) is 5.91 Å². The second-order valence-electron chi connectivity index (χ2n) is 4.84. The molecular formula is C16H16BrFN2O. The van der Waals surface area contributed by atoms with Gasteiger partial charge in [-0.2, -0.15) is 0 Å². The Morgan fingerprint density at radius 2 is 1.86 bits per heavy atom. The largest absolute Gasteiger partial charge is 0.376 e. The van der Waals surface area contributed by atoms with Crippen LogP contribution in [0.15, 0.2) is 40.9 Å². The maximum atomic E-state index is 13.0. The van der Waals surface area contributed by atoms with Gasteiger partial charge in [0.15, 0.2) is 0 Å². The number of benzene rings is 2. The second-order valence-corrected chi connectivity index (χ2v) is 5.70. The first kappa shape index (κ1) is 15.5. The van der Waals surface area contributed by atoms with Crippen molar-refractivity contribution in [1.29, 1.82) is 0 Å². The fourth-order valence-corrected chi connectivity index (χ4v) is 2.51. The van der Waals surface area contributed by atoms with Gasteiger partial charge in [-0.05, 0) is 71.2 Å². The number of carbonyl (C=O) groups excluding carboxylic acids is 1. The van der Waals surface area contributed by atoms with E-state index in [2.05, 4.69) is 26.6 Å². The zero-order valence-corrected chi connectivity index (χ0v) is 13.4. The summed E-state index contributed by atoms with van der Waals surface area (Å²) in [5.74, 6) is -0.450. The SMILES string of the molecule is Cc1ccc(NC(=O)CNc2ccc(F)cc2C)c(Br)c1. The van der Waals surface area contributed by atoms with Crippen LogP contribution >= 0.6 is 15.9 Å². The molecule has 0 bridgehead atoms. The molecule has 110 valence electrons. The van der Waals surface area contributed by atoms with Crippen LogP contribution in [0, 0.1) is 19.7 Å². The highest BCUT2D eigenvalue weighted by molar-refractivity contribution is 9.10. The number of hydrogen-bond acceptors (Lipinski definition) is 2. The van der Waals surface area contributed by atoms with Gasteiger partial charge < -0.3 is 10.6 Å². The van der Waals surface area contributed by atoms with Crippen LogP contribution < -0.4 is 10.6 Å². The molecule has 0 aliphatic heterocycles. The Balaban J connectivity index is 1.96. The van der Waals surface area contributed by atoms with Crippen LogP contribution in [0.2, 0.25) is 0 Å². The average molecular weight is 351 g/mol. The molecule has 1 amide bonds. The molecule has 0 heterocycles. The lowest BCUT2D eigenvalue weighted by Crippen LogP contribution is -2.22. The van der Waals surface area contributed by atoms with Gasteiger partial charge in [-0.15, -0.1) is 0 Å². The molecule has 3 nitrogen and oxygen atoms in total. The number of amides is 1. The fourth-order valence-electron chi connectivity index (χ4n) is 1.92. The van der Waals surface area contributed by atoms with E-state index >= 15 is 0 Å². The minimum atomic E-state index is -0.286.